The molecule has 8 nitrogen and oxygen atoms in total. The smallest absolute Gasteiger partial charge is 0.258 e. The number of hydrogen-bond acceptors (Lipinski definition) is 6. The highest BCUT2D eigenvalue weighted by atomic mass is 16.1. The zero-order valence-electron chi connectivity index (χ0n) is 17.8. The topological polar surface area (TPSA) is 82.4 Å². The summed E-state index contributed by atoms with van der Waals surface area (Å²) in [5, 5.41) is 6.34. The van der Waals surface area contributed by atoms with Crippen LogP contribution in [-0.2, 0) is 6.54 Å². The summed E-state index contributed by atoms with van der Waals surface area (Å²) in [4.78, 5) is 29.6. The summed E-state index contributed by atoms with van der Waals surface area (Å²) in [6.07, 6.45) is 0. The number of rotatable bonds is 3. The van der Waals surface area contributed by atoms with Crippen molar-refractivity contribution in [3.8, 4) is 0 Å². The van der Waals surface area contributed by atoms with E-state index in [4.69, 9.17) is 4.98 Å². The lowest BCUT2D eigenvalue weighted by molar-refractivity contribution is 0.244. The quantitative estimate of drug-likeness (QED) is 0.479. The number of piperazine rings is 1. The van der Waals surface area contributed by atoms with Crippen LogP contribution in [-0.4, -0.2) is 55.6 Å². The number of hydrogen-bond donors (Lipinski definition) is 1. The van der Waals surface area contributed by atoms with E-state index in [1.807, 2.05) is 47.8 Å². The van der Waals surface area contributed by atoms with Crippen LogP contribution in [0, 0.1) is 6.92 Å². The van der Waals surface area contributed by atoms with Crippen molar-refractivity contribution >= 4 is 33.3 Å². The van der Waals surface area contributed by atoms with E-state index in [0.717, 1.165) is 59.8 Å². The SMILES string of the molecule is Cc1cc2nc(N3CCN(Cc4nc5ccccc5c(=O)[nH]4)CC3)c3ccccc3n2n1. The number of fused-ring (bicyclic) bond motifs is 4. The third kappa shape index (κ3) is 3.20. The Labute approximate surface area is 184 Å². The summed E-state index contributed by atoms with van der Waals surface area (Å²) in [5.74, 6) is 1.71. The van der Waals surface area contributed by atoms with Gasteiger partial charge < -0.3 is 9.88 Å². The Morgan fingerprint density at radius 2 is 1.69 bits per heavy atom. The van der Waals surface area contributed by atoms with Crippen LogP contribution in [0.5, 0.6) is 0 Å². The highest BCUT2D eigenvalue weighted by Crippen LogP contribution is 2.27. The Bertz CT molecular complexity index is 1510. The minimum absolute atomic E-state index is 0.0793. The first-order valence-electron chi connectivity index (χ1n) is 10.9. The Balaban J connectivity index is 1.25. The zero-order valence-corrected chi connectivity index (χ0v) is 17.8. The van der Waals surface area contributed by atoms with Gasteiger partial charge in [-0.1, -0.05) is 24.3 Å². The maximum Gasteiger partial charge on any atom is 0.258 e. The lowest BCUT2D eigenvalue weighted by Crippen LogP contribution is -2.46. The van der Waals surface area contributed by atoms with Gasteiger partial charge in [0.2, 0.25) is 0 Å². The molecule has 3 aromatic heterocycles. The van der Waals surface area contributed by atoms with Gasteiger partial charge in [0.25, 0.3) is 5.56 Å². The molecule has 5 aromatic rings. The minimum atomic E-state index is -0.0793. The second-order valence-corrected chi connectivity index (χ2v) is 8.30. The highest BCUT2D eigenvalue weighted by Gasteiger charge is 2.22. The van der Waals surface area contributed by atoms with Crippen LogP contribution in [0.1, 0.15) is 11.5 Å². The summed E-state index contributed by atoms with van der Waals surface area (Å²) < 4.78 is 1.92. The second-order valence-electron chi connectivity index (χ2n) is 8.30. The number of H-pyrrole nitrogens is 1. The van der Waals surface area contributed by atoms with Gasteiger partial charge in [-0.05, 0) is 31.2 Å². The van der Waals surface area contributed by atoms with Crippen LogP contribution in [0.2, 0.25) is 0 Å². The molecule has 32 heavy (non-hydrogen) atoms. The molecule has 1 fully saturated rings. The molecule has 4 heterocycles. The van der Waals surface area contributed by atoms with Crippen molar-refractivity contribution in [2.24, 2.45) is 0 Å². The molecule has 0 saturated carbocycles. The monoisotopic (exact) mass is 425 g/mol. The average Bonchev–Trinajstić information content (AvgIpc) is 3.20. The highest BCUT2D eigenvalue weighted by molar-refractivity contribution is 5.91. The maximum absolute atomic E-state index is 12.4. The van der Waals surface area contributed by atoms with Gasteiger partial charge in [-0.2, -0.15) is 5.10 Å². The molecule has 0 radical (unpaired) electrons. The van der Waals surface area contributed by atoms with E-state index < -0.39 is 0 Å². The third-order valence-electron chi connectivity index (χ3n) is 6.11. The fourth-order valence-corrected chi connectivity index (χ4v) is 4.54. The van der Waals surface area contributed by atoms with Gasteiger partial charge in [-0.25, -0.2) is 14.5 Å². The first-order valence-corrected chi connectivity index (χ1v) is 10.9. The van der Waals surface area contributed by atoms with Gasteiger partial charge in [-0.15, -0.1) is 0 Å². The molecule has 6 rings (SSSR count). The summed E-state index contributed by atoms with van der Waals surface area (Å²) in [7, 11) is 0. The van der Waals surface area contributed by atoms with E-state index in [2.05, 4.69) is 37.0 Å². The van der Waals surface area contributed by atoms with Crippen LogP contribution in [0.15, 0.2) is 59.4 Å². The number of aryl methyl sites for hydroxylation is 1. The average molecular weight is 425 g/mol. The molecule has 0 aliphatic carbocycles. The standard InChI is InChI=1S/C24H23N7O/c1-16-14-22-27-23(18-7-3-5-9-20(18)31(22)28-16)30-12-10-29(11-13-30)15-21-25-19-8-4-2-6-17(19)24(32)26-21/h2-9,14H,10-13,15H2,1H3,(H,25,26,32). The van der Waals surface area contributed by atoms with Crippen molar-refractivity contribution in [3.63, 3.8) is 0 Å². The van der Waals surface area contributed by atoms with Crippen LogP contribution >= 0.6 is 0 Å². The van der Waals surface area contributed by atoms with Crippen LogP contribution in [0.25, 0.3) is 27.5 Å². The molecule has 0 atom stereocenters. The van der Waals surface area contributed by atoms with Gasteiger partial charge >= 0.3 is 0 Å². The number of nitrogens with one attached hydrogen (secondary N) is 1. The van der Waals surface area contributed by atoms with Gasteiger partial charge in [0, 0.05) is 37.6 Å². The van der Waals surface area contributed by atoms with E-state index in [9.17, 15) is 4.79 Å². The Kier molecular flexibility index (Phi) is 4.39. The summed E-state index contributed by atoms with van der Waals surface area (Å²) in [6, 6.07) is 17.8. The van der Waals surface area contributed by atoms with Crippen molar-refractivity contribution in [2.75, 3.05) is 31.1 Å². The molecular formula is C24H23N7O. The molecule has 0 spiro atoms. The van der Waals surface area contributed by atoms with Crippen molar-refractivity contribution < 1.29 is 0 Å². The van der Waals surface area contributed by atoms with Crippen LogP contribution in [0.3, 0.4) is 0 Å². The van der Waals surface area contributed by atoms with E-state index >= 15 is 0 Å². The third-order valence-corrected chi connectivity index (χ3v) is 6.11. The fraction of sp³-hybridized carbons (Fsp3) is 0.250. The Hall–Kier alpha value is -3.78. The molecule has 0 amide bonds. The number of aromatic amines is 1. The summed E-state index contributed by atoms with van der Waals surface area (Å²) in [5.41, 5.74) is 3.56. The molecular weight excluding hydrogens is 402 g/mol. The summed E-state index contributed by atoms with van der Waals surface area (Å²) in [6.45, 7) is 6.08. The lowest BCUT2D eigenvalue weighted by Gasteiger charge is -2.35. The molecule has 1 N–H and O–H groups in total. The normalized spacial score (nSPS) is 15.2. The van der Waals surface area contributed by atoms with Crippen LogP contribution < -0.4 is 10.5 Å². The predicted octanol–water partition coefficient (Wildman–Crippen LogP) is 2.75. The summed E-state index contributed by atoms with van der Waals surface area (Å²) >= 11 is 0. The molecule has 0 bridgehead atoms. The van der Waals surface area contributed by atoms with E-state index in [1.54, 1.807) is 6.07 Å². The van der Waals surface area contributed by atoms with E-state index in [1.165, 1.54) is 0 Å². The molecule has 0 unspecified atom stereocenters. The first-order chi connectivity index (χ1) is 15.7. The molecule has 1 aliphatic rings. The van der Waals surface area contributed by atoms with E-state index in [0.29, 0.717) is 17.8 Å². The number of aromatic nitrogens is 5. The molecule has 8 heteroatoms. The number of para-hydroxylation sites is 2. The number of nitrogens with zero attached hydrogens (tertiary/aromatic N) is 6. The Morgan fingerprint density at radius 1 is 0.938 bits per heavy atom. The van der Waals surface area contributed by atoms with Crippen molar-refractivity contribution in [1.29, 1.82) is 0 Å². The Morgan fingerprint density at radius 3 is 2.53 bits per heavy atom. The maximum atomic E-state index is 12.4. The van der Waals surface area contributed by atoms with Crippen molar-refractivity contribution in [2.45, 2.75) is 13.5 Å². The number of benzene rings is 2. The van der Waals surface area contributed by atoms with Crippen LogP contribution in [0.4, 0.5) is 5.82 Å². The fourth-order valence-electron chi connectivity index (χ4n) is 4.54. The number of anilines is 1. The van der Waals surface area contributed by atoms with Gasteiger partial charge in [0.05, 0.1) is 28.7 Å². The molecule has 2 aromatic carbocycles. The van der Waals surface area contributed by atoms with E-state index in [-0.39, 0.29) is 5.56 Å². The van der Waals surface area contributed by atoms with Gasteiger partial charge in [-0.3, -0.25) is 9.69 Å². The lowest BCUT2D eigenvalue weighted by atomic mass is 10.2. The second kappa shape index (κ2) is 7.42. The zero-order chi connectivity index (χ0) is 21.7. The van der Waals surface area contributed by atoms with Crippen molar-refractivity contribution in [1.82, 2.24) is 29.5 Å². The largest absolute Gasteiger partial charge is 0.353 e. The molecule has 160 valence electrons. The predicted molar refractivity (Wildman–Crippen MR) is 125 cm³/mol. The minimum Gasteiger partial charge on any atom is -0.353 e. The van der Waals surface area contributed by atoms with Crippen molar-refractivity contribution in [3.05, 3.63) is 76.5 Å². The molecule has 1 saturated heterocycles. The molecule has 1 aliphatic heterocycles. The first kappa shape index (κ1) is 18.9. The van der Waals surface area contributed by atoms with Gasteiger partial charge in [0.15, 0.2) is 5.65 Å². The van der Waals surface area contributed by atoms with Gasteiger partial charge in [0.1, 0.15) is 11.6 Å².